The van der Waals surface area contributed by atoms with Crippen LogP contribution in [-0.2, 0) is 0 Å². The predicted octanol–water partition coefficient (Wildman–Crippen LogP) is 2.78. The summed E-state index contributed by atoms with van der Waals surface area (Å²) in [4.78, 5) is 10.9. The Hall–Kier alpha value is -1.85. The summed E-state index contributed by atoms with van der Waals surface area (Å²) in [6.45, 7) is 0.165. The first-order valence-electron chi connectivity index (χ1n) is 6.01. The molecule has 1 aliphatic carbocycles. The van der Waals surface area contributed by atoms with Gasteiger partial charge in [0, 0.05) is 18.5 Å². The van der Waals surface area contributed by atoms with Crippen LogP contribution in [0.1, 0.15) is 29.6 Å². The van der Waals surface area contributed by atoms with Crippen LogP contribution in [0.25, 0.3) is 0 Å². The van der Waals surface area contributed by atoms with Crippen LogP contribution < -0.4 is 10.5 Å². The molecule has 1 unspecified atom stereocenters. The summed E-state index contributed by atoms with van der Waals surface area (Å²) in [5, 5.41) is 8.90. The zero-order valence-corrected chi connectivity index (χ0v) is 10.2. The van der Waals surface area contributed by atoms with E-state index in [1.54, 1.807) is 0 Å². The molecule has 19 heavy (non-hydrogen) atoms. The summed E-state index contributed by atoms with van der Waals surface area (Å²) in [6, 6.07) is 4.28. The van der Waals surface area contributed by atoms with Crippen molar-refractivity contribution in [1.29, 1.82) is 0 Å². The second-order valence-electron chi connectivity index (χ2n) is 4.83. The number of anilines is 1. The lowest BCUT2D eigenvalue weighted by Gasteiger charge is -2.13. The van der Waals surface area contributed by atoms with Gasteiger partial charge < -0.3 is 15.6 Å². The number of carboxylic acids is 1. The topological polar surface area (TPSA) is 72.5 Å². The zero-order chi connectivity index (χ0) is 14.0. The lowest BCUT2D eigenvalue weighted by Crippen LogP contribution is -2.14. The molecule has 1 fully saturated rings. The average Bonchev–Trinajstić information content (AvgIpc) is 2.67. The molecule has 104 valence electrons. The molecular weight excluding hydrogens is 256 g/mol. The number of ether oxygens (including phenoxy) is 1. The van der Waals surface area contributed by atoms with Gasteiger partial charge in [-0.05, 0) is 30.5 Å². The van der Waals surface area contributed by atoms with Gasteiger partial charge in [-0.3, -0.25) is 0 Å². The third-order valence-corrected chi connectivity index (χ3v) is 3.25. The standard InChI is InChI=1S/C13H15F2NO3/c14-13(15)4-3-8(6-13)7-19-9-1-2-11(16)10(5-9)12(17)18/h1-2,5,8H,3-4,6-7,16H2,(H,17,18). The molecule has 3 N–H and O–H groups in total. The summed E-state index contributed by atoms with van der Waals surface area (Å²) in [7, 11) is 0. The van der Waals surface area contributed by atoms with Gasteiger partial charge in [-0.2, -0.15) is 0 Å². The minimum absolute atomic E-state index is 0.0470. The zero-order valence-electron chi connectivity index (χ0n) is 10.2. The normalized spacial score (nSPS) is 21.3. The van der Waals surface area contributed by atoms with Gasteiger partial charge in [0.15, 0.2) is 0 Å². The molecule has 0 bridgehead atoms. The van der Waals surface area contributed by atoms with Gasteiger partial charge in [-0.25, -0.2) is 13.6 Å². The molecule has 0 aliphatic heterocycles. The number of halogens is 2. The molecule has 0 aromatic heterocycles. The summed E-state index contributed by atoms with van der Waals surface area (Å²) in [5.74, 6) is -3.60. The fourth-order valence-electron chi connectivity index (χ4n) is 2.21. The molecule has 1 atom stereocenters. The maximum Gasteiger partial charge on any atom is 0.337 e. The summed E-state index contributed by atoms with van der Waals surface area (Å²) >= 11 is 0. The minimum Gasteiger partial charge on any atom is -0.493 e. The van der Waals surface area contributed by atoms with E-state index >= 15 is 0 Å². The first kappa shape index (κ1) is 13.6. The van der Waals surface area contributed by atoms with Crippen LogP contribution in [0.2, 0.25) is 0 Å². The van der Waals surface area contributed by atoms with E-state index in [9.17, 15) is 13.6 Å². The van der Waals surface area contributed by atoms with E-state index in [0.717, 1.165) is 0 Å². The molecule has 0 spiro atoms. The van der Waals surface area contributed by atoms with Crippen molar-refractivity contribution in [3.05, 3.63) is 23.8 Å². The summed E-state index contributed by atoms with van der Waals surface area (Å²) in [5.41, 5.74) is 5.61. The Kier molecular flexibility index (Phi) is 3.59. The maximum atomic E-state index is 13.0. The van der Waals surface area contributed by atoms with Crippen molar-refractivity contribution in [3.63, 3.8) is 0 Å². The largest absolute Gasteiger partial charge is 0.493 e. The molecule has 0 radical (unpaired) electrons. The Morgan fingerprint density at radius 1 is 1.53 bits per heavy atom. The molecule has 6 heteroatoms. The van der Waals surface area contributed by atoms with Gasteiger partial charge in [0.25, 0.3) is 0 Å². The SMILES string of the molecule is Nc1ccc(OCC2CCC(F)(F)C2)cc1C(=O)O. The number of aromatic carboxylic acids is 1. The van der Waals surface area contributed by atoms with Gasteiger partial charge >= 0.3 is 5.97 Å². The number of hydrogen-bond acceptors (Lipinski definition) is 3. The van der Waals surface area contributed by atoms with E-state index in [-0.39, 0.29) is 36.6 Å². The van der Waals surface area contributed by atoms with Crippen molar-refractivity contribution in [2.24, 2.45) is 5.92 Å². The number of benzene rings is 1. The molecule has 1 aromatic rings. The van der Waals surface area contributed by atoms with E-state index in [1.165, 1.54) is 18.2 Å². The maximum absolute atomic E-state index is 13.0. The number of carbonyl (C=O) groups is 1. The Morgan fingerprint density at radius 3 is 2.84 bits per heavy atom. The lowest BCUT2D eigenvalue weighted by atomic mass is 10.1. The van der Waals surface area contributed by atoms with Crippen molar-refractivity contribution >= 4 is 11.7 Å². The third kappa shape index (κ3) is 3.33. The van der Waals surface area contributed by atoms with Gasteiger partial charge in [0.1, 0.15) is 5.75 Å². The molecule has 0 amide bonds. The molecule has 1 aliphatic rings. The Bertz CT molecular complexity index is 491. The van der Waals surface area contributed by atoms with E-state index in [4.69, 9.17) is 15.6 Å². The number of nitrogens with two attached hydrogens (primary N) is 1. The van der Waals surface area contributed by atoms with Gasteiger partial charge in [-0.1, -0.05) is 0 Å². The van der Waals surface area contributed by atoms with Crippen molar-refractivity contribution < 1.29 is 23.4 Å². The monoisotopic (exact) mass is 271 g/mol. The first-order chi connectivity index (χ1) is 8.87. The molecule has 0 saturated heterocycles. The predicted molar refractivity (Wildman–Crippen MR) is 65.6 cm³/mol. The number of hydrogen-bond donors (Lipinski definition) is 2. The highest BCUT2D eigenvalue weighted by atomic mass is 19.3. The number of nitrogen functional groups attached to an aromatic ring is 1. The van der Waals surface area contributed by atoms with Crippen LogP contribution in [0.4, 0.5) is 14.5 Å². The lowest BCUT2D eigenvalue weighted by molar-refractivity contribution is 0.00291. The highest BCUT2D eigenvalue weighted by Gasteiger charge is 2.39. The summed E-state index contributed by atoms with van der Waals surface area (Å²) < 4.78 is 31.4. The minimum atomic E-state index is -2.60. The van der Waals surface area contributed by atoms with Crippen LogP contribution in [0.15, 0.2) is 18.2 Å². The molecule has 4 nitrogen and oxygen atoms in total. The number of rotatable bonds is 4. The van der Waals surface area contributed by atoms with Crippen LogP contribution in [0, 0.1) is 5.92 Å². The van der Waals surface area contributed by atoms with Gasteiger partial charge in [-0.15, -0.1) is 0 Å². The van der Waals surface area contributed by atoms with Crippen molar-refractivity contribution in [2.45, 2.75) is 25.2 Å². The highest BCUT2D eigenvalue weighted by molar-refractivity contribution is 5.94. The molecule has 1 saturated carbocycles. The molecule has 1 aromatic carbocycles. The molecular formula is C13H15F2NO3. The van der Waals surface area contributed by atoms with Crippen molar-refractivity contribution in [2.75, 3.05) is 12.3 Å². The van der Waals surface area contributed by atoms with Crippen LogP contribution in [0.5, 0.6) is 5.75 Å². The molecule has 0 heterocycles. The number of carboxylic acid groups (broad SMARTS) is 1. The van der Waals surface area contributed by atoms with Crippen LogP contribution in [0.3, 0.4) is 0 Å². The van der Waals surface area contributed by atoms with E-state index in [1.807, 2.05) is 0 Å². The second kappa shape index (κ2) is 5.03. The van der Waals surface area contributed by atoms with Crippen molar-refractivity contribution in [1.82, 2.24) is 0 Å². The Balaban J connectivity index is 1.97. The highest BCUT2D eigenvalue weighted by Crippen LogP contribution is 2.39. The van der Waals surface area contributed by atoms with Crippen LogP contribution in [-0.4, -0.2) is 23.6 Å². The van der Waals surface area contributed by atoms with E-state index in [2.05, 4.69) is 0 Å². The Morgan fingerprint density at radius 2 is 2.26 bits per heavy atom. The number of alkyl halides is 2. The van der Waals surface area contributed by atoms with E-state index in [0.29, 0.717) is 12.2 Å². The van der Waals surface area contributed by atoms with Gasteiger partial charge in [0.05, 0.1) is 12.2 Å². The van der Waals surface area contributed by atoms with Crippen LogP contribution >= 0.6 is 0 Å². The van der Waals surface area contributed by atoms with Gasteiger partial charge in [0.2, 0.25) is 5.92 Å². The summed E-state index contributed by atoms with van der Waals surface area (Å²) in [6.07, 6.45) is 0.144. The first-order valence-corrected chi connectivity index (χ1v) is 6.01. The van der Waals surface area contributed by atoms with Crippen molar-refractivity contribution in [3.8, 4) is 5.75 Å². The fraction of sp³-hybridized carbons (Fsp3) is 0.462. The average molecular weight is 271 g/mol. The fourth-order valence-corrected chi connectivity index (χ4v) is 2.21. The smallest absolute Gasteiger partial charge is 0.337 e. The molecule has 2 rings (SSSR count). The third-order valence-electron chi connectivity index (χ3n) is 3.25. The van der Waals surface area contributed by atoms with E-state index < -0.39 is 11.9 Å². The second-order valence-corrected chi connectivity index (χ2v) is 4.83. The Labute approximate surface area is 109 Å². The quantitative estimate of drug-likeness (QED) is 0.826.